The molecule has 0 unspecified atom stereocenters. The summed E-state index contributed by atoms with van der Waals surface area (Å²) in [6.07, 6.45) is 1.55. The van der Waals surface area contributed by atoms with Crippen LogP contribution in [0.5, 0.6) is 0 Å². The Hall–Kier alpha value is -4.62. The van der Waals surface area contributed by atoms with Gasteiger partial charge in [0.25, 0.3) is 5.71 Å². The van der Waals surface area contributed by atoms with Gasteiger partial charge in [-0.2, -0.15) is 9.97 Å². The van der Waals surface area contributed by atoms with Gasteiger partial charge in [-0.25, -0.2) is 0 Å². The molecule has 0 radical (unpaired) electrons. The molecule has 3 heterocycles. The zero-order chi connectivity index (χ0) is 23.5. The number of Topliss-reactive ketones (excluding diaryl/α,β-unsaturated/α-hetero) is 2. The average molecular weight is 474 g/mol. The molecule has 7 heteroatoms. The predicted octanol–water partition coefficient (Wildman–Crippen LogP) is 6.36. The Morgan fingerprint density at radius 3 is 2.14 bits per heavy atom. The van der Waals surface area contributed by atoms with Crippen molar-refractivity contribution in [2.75, 3.05) is 0 Å². The van der Waals surface area contributed by atoms with Crippen molar-refractivity contribution < 1.29 is 14.0 Å². The Morgan fingerprint density at radius 2 is 1.49 bits per heavy atom. The molecule has 1 aliphatic carbocycles. The van der Waals surface area contributed by atoms with Gasteiger partial charge in [0.05, 0.1) is 5.57 Å². The van der Waals surface area contributed by atoms with Crippen molar-refractivity contribution in [3.63, 3.8) is 0 Å². The highest BCUT2D eigenvalue weighted by atomic mass is 32.1. The van der Waals surface area contributed by atoms with Gasteiger partial charge in [0.2, 0.25) is 11.5 Å². The Kier molecular flexibility index (Phi) is 4.21. The first kappa shape index (κ1) is 19.8. The van der Waals surface area contributed by atoms with E-state index >= 15 is 0 Å². The van der Waals surface area contributed by atoms with E-state index in [1.165, 1.54) is 11.3 Å². The van der Waals surface area contributed by atoms with Crippen molar-refractivity contribution in [3.8, 4) is 16.5 Å². The number of fused-ring (bicyclic) bond motifs is 3. The van der Waals surface area contributed by atoms with E-state index in [2.05, 4.69) is 4.98 Å². The monoisotopic (exact) mass is 473 g/mol. The number of allylic oxidation sites excluding steroid dienone is 1. The molecule has 6 aromatic rings. The number of oxazole rings is 1. The molecule has 0 spiro atoms. The van der Waals surface area contributed by atoms with E-state index in [-0.39, 0.29) is 17.1 Å². The van der Waals surface area contributed by atoms with Crippen LogP contribution in [0.15, 0.2) is 94.2 Å². The summed E-state index contributed by atoms with van der Waals surface area (Å²) in [6.45, 7) is 0. The van der Waals surface area contributed by atoms with E-state index in [1.807, 2.05) is 76.7 Å². The molecule has 6 nitrogen and oxygen atoms in total. The first-order chi connectivity index (χ1) is 17.2. The van der Waals surface area contributed by atoms with Gasteiger partial charge in [0.15, 0.2) is 11.6 Å². The van der Waals surface area contributed by atoms with E-state index in [9.17, 15) is 9.59 Å². The van der Waals surface area contributed by atoms with Gasteiger partial charge < -0.3 is 4.42 Å². The number of hydrogen-bond acceptors (Lipinski definition) is 6. The number of nitrogens with zero attached hydrogens (tertiary/aromatic N) is 3. The molecule has 0 fully saturated rings. The van der Waals surface area contributed by atoms with Crippen LogP contribution in [0.25, 0.3) is 44.7 Å². The van der Waals surface area contributed by atoms with Crippen LogP contribution in [-0.2, 0) is 0 Å². The van der Waals surface area contributed by atoms with Gasteiger partial charge in [-0.05, 0) is 58.6 Å². The number of aromatic nitrogens is 3. The summed E-state index contributed by atoms with van der Waals surface area (Å²) in [5, 5.41) is 4.64. The van der Waals surface area contributed by atoms with Crippen LogP contribution < -0.4 is 0 Å². The SMILES string of the molecule is O=C1C(=Cc2nc3oc(-c4ccccc4)nc3n2-c2cccs2)C(=O)c2cc3ccccc3cc21. The van der Waals surface area contributed by atoms with Crippen molar-refractivity contribution in [1.29, 1.82) is 0 Å². The average Bonchev–Trinajstić information content (AvgIpc) is 3.66. The summed E-state index contributed by atoms with van der Waals surface area (Å²) in [7, 11) is 0. The Bertz CT molecular complexity index is 1770. The number of benzene rings is 3. The maximum Gasteiger partial charge on any atom is 0.267 e. The lowest BCUT2D eigenvalue weighted by Crippen LogP contribution is -2.03. The molecule has 166 valence electrons. The molecule has 0 amide bonds. The second-order valence-electron chi connectivity index (χ2n) is 8.23. The van der Waals surface area contributed by atoms with Crippen LogP contribution in [0.2, 0.25) is 0 Å². The highest BCUT2D eigenvalue weighted by Crippen LogP contribution is 2.34. The Labute approximate surface area is 202 Å². The fourth-order valence-corrected chi connectivity index (χ4v) is 5.21. The lowest BCUT2D eigenvalue weighted by Gasteiger charge is -2.02. The van der Waals surface area contributed by atoms with E-state index < -0.39 is 0 Å². The third-order valence-electron chi connectivity index (χ3n) is 6.13. The van der Waals surface area contributed by atoms with Gasteiger partial charge in [0, 0.05) is 16.7 Å². The number of imidazole rings is 1. The van der Waals surface area contributed by atoms with Crippen LogP contribution in [0.4, 0.5) is 0 Å². The number of hydrogen-bond donors (Lipinski definition) is 0. The predicted molar refractivity (Wildman–Crippen MR) is 135 cm³/mol. The highest BCUT2D eigenvalue weighted by molar-refractivity contribution is 7.12. The maximum absolute atomic E-state index is 13.3. The standard InChI is InChI=1S/C28H15N3O3S/c32-24-19-13-17-9-4-5-10-18(17)14-20(19)25(33)21(24)15-22-29-28-26(31(22)23-11-6-12-35-23)30-27(34-28)16-7-2-1-3-8-16/h1-15H. The summed E-state index contributed by atoms with van der Waals surface area (Å²) >= 11 is 1.51. The normalized spacial score (nSPS) is 13.2. The van der Waals surface area contributed by atoms with Crippen molar-refractivity contribution in [2.24, 2.45) is 0 Å². The largest absolute Gasteiger partial charge is 0.416 e. The first-order valence-electron chi connectivity index (χ1n) is 11.0. The third kappa shape index (κ3) is 3.02. The van der Waals surface area contributed by atoms with Gasteiger partial charge in [-0.15, -0.1) is 11.3 Å². The number of thiophene rings is 1. The summed E-state index contributed by atoms with van der Waals surface area (Å²) in [5.74, 6) is 0.277. The number of carbonyl (C=O) groups is 2. The molecule has 3 aromatic carbocycles. The number of ketones is 2. The number of rotatable bonds is 3. The summed E-state index contributed by atoms with van der Waals surface area (Å²) in [5.41, 5.74) is 2.63. The molecule has 0 atom stereocenters. The van der Waals surface area contributed by atoms with Crippen LogP contribution in [-0.4, -0.2) is 26.1 Å². The molecule has 0 bridgehead atoms. The molecule has 0 saturated heterocycles. The van der Waals surface area contributed by atoms with E-state index in [0.717, 1.165) is 21.3 Å². The second-order valence-corrected chi connectivity index (χ2v) is 9.16. The summed E-state index contributed by atoms with van der Waals surface area (Å²) in [6, 6.07) is 24.7. The van der Waals surface area contributed by atoms with Crippen molar-refractivity contribution >= 4 is 51.1 Å². The van der Waals surface area contributed by atoms with Gasteiger partial charge in [-0.1, -0.05) is 42.5 Å². The lowest BCUT2D eigenvalue weighted by molar-refractivity contribution is 0.0990. The molecule has 7 rings (SSSR count). The molecular weight excluding hydrogens is 458 g/mol. The lowest BCUT2D eigenvalue weighted by atomic mass is 10.0. The van der Waals surface area contributed by atoms with Crippen LogP contribution in [0, 0.1) is 0 Å². The van der Waals surface area contributed by atoms with Crippen molar-refractivity contribution in [2.45, 2.75) is 0 Å². The molecule has 3 aromatic heterocycles. The number of carbonyl (C=O) groups excluding carboxylic acids is 2. The van der Waals surface area contributed by atoms with E-state index in [1.54, 1.807) is 18.2 Å². The minimum absolute atomic E-state index is 0.0871. The van der Waals surface area contributed by atoms with Crippen molar-refractivity contribution in [1.82, 2.24) is 14.5 Å². The van der Waals surface area contributed by atoms with Crippen molar-refractivity contribution in [3.05, 3.63) is 107 Å². The van der Waals surface area contributed by atoms with Crippen LogP contribution in [0.3, 0.4) is 0 Å². The smallest absolute Gasteiger partial charge is 0.267 e. The minimum atomic E-state index is -0.300. The first-order valence-corrected chi connectivity index (χ1v) is 11.9. The van der Waals surface area contributed by atoms with Gasteiger partial charge >= 0.3 is 0 Å². The molecule has 0 saturated carbocycles. The van der Waals surface area contributed by atoms with Gasteiger partial charge in [-0.3, -0.25) is 14.2 Å². The topological polar surface area (TPSA) is 78.0 Å². The molecule has 35 heavy (non-hydrogen) atoms. The minimum Gasteiger partial charge on any atom is -0.416 e. The van der Waals surface area contributed by atoms with Crippen LogP contribution in [0.1, 0.15) is 26.5 Å². The zero-order valence-electron chi connectivity index (χ0n) is 18.1. The highest BCUT2D eigenvalue weighted by Gasteiger charge is 2.34. The Morgan fingerprint density at radius 1 is 0.800 bits per heavy atom. The third-order valence-corrected chi connectivity index (χ3v) is 6.99. The van der Waals surface area contributed by atoms with Crippen LogP contribution >= 0.6 is 11.3 Å². The molecular formula is C28H15N3O3S. The Balaban J connectivity index is 1.40. The summed E-state index contributed by atoms with van der Waals surface area (Å²) in [4.78, 5) is 35.9. The molecule has 1 aliphatic rings. The fraction of sp³-hybridized carbons (Fsp3) is 0. The second kappa shape index (κ2) is 7.44. The maximum atomic E-state index is 13.3. The molecule has 0 aliphatic heterocycles. The summed E-state index contributed by atoms with van der Waals surface area (Å²) < 4.78 is 7.79. The zero-order valence-corrected chi connectivity index (χ0v) is 19.0. The van der Waals surface area contributed by atoms with Gasteiger partial charge in [0.1, 0.15) is 10.8 Å². The quantitative estimate of drug-likeness (QED) is 0.221. The molecule has 0 N–H and O–H groups in total. The van der Waals surface area contributed by atoms with E-state index in [4.69, 9.17) is 9.40 Å². The fourth-order valence-electron chi connectivity index (χ4n) is 4.47. The van der Waals surface area contributed by atoms with E-state index in [0.29, 0.717) is 34.2 Å².